The Bertz CT molecular complexity index is 544. The van der Waals surface area contributed by atoms with E-state index in [4.69, 9.17) is 14.0 Å². The molecule has 5 nitrogen and oxygen atoms in total. The SMILES string of the molecule is CC1(C)C/C(=C\B2OC(C)(C)C(C)(C)O2)CN(C(=O)OC(C)(C)C)C1. The molecule has 1 amide bonds. The van der Waals surface area contributed by atoms with Gasteiger partial charge in [0.05, 0.1) is 11.2 Å². The molecule has 0 radical (unpaired) electrons. The van der Waals surface area contributed by atoms with Crippen molar-refractivity contribution in [2.45, 2.75) is 85.5 Å². The van der Waals surface area contributed by atoms with Crippen molar-refractivity contribution in [3.63, 3.8) is 0 Å². The highest BCUT2D eigenvalue weighted by Gasteiger charge is 2.50. The van der Waals surface area contributed by atoms with Crippen LogP contribution in [0.15, 0.2) is 11.5 Å². The van der Waals surface area contributed by atoms with E-state index in [0.29, 0.717) is 13.1 Å². The lowest BCUT2D eigenvalue weighted by Gasteiger charge is -2.40. The predicted octanol–water partition coefficient (Wildman–Crippen LogP) is 4.21. The molecule has 0 spiro atoms. The van der Waals surface area contributed by atoms with E-state index in [-0.39, 0.29) is 29.8 Å². The molecule has 2 aliphatic heterocycles. The van der Waals surface area contributed by atoms with Gasteiger partial charge < -0.3 is 18.9 Å². The fourth-order valence-electron chi connectivity index (χ4n) is 3.26. The van der Waals surface area contributed by atoms with Crippen LogP contribution >= 0.6 is 0 Å². The van der Waals surface area contributed by atoms with Crippen LogP contribution < -0.4 is 0 Å². The van der Waals surface area contributed by atoms with Crippen molar-refractivity contribution in [2.75, 3.05) is 13.1 Å². The molecule has 2 heterocycles. The van der Waals surface area contributed by atoms with E-state index >= 15 is 0 Å². The summed E-state index contributed by atoms with van der Waals surface area (Å²) in [6.45, 7) is 19.4. The molecule has 0 aromatic carbocycles. The minimum atomic E-state index is -0.492. The summed E-state index contributed by atoms with van der Waals surface area (Å²) in [6.07, 6.45) is 0.649. The number of hydrogen-bond acceptors (Lipinski definition) is 4. The summed E-state index contributed by atoms with van der Waals surface area (Å²) in [5, 5.41) is 0. The lowest BCUT2D eigenvalue weighted by molar-refractivity contribution is 0.00578. The first-order valence-corrected chi connectivity index (χ1v) is 9.13. The highest BCUT2D eigenvalue weighted by molar-refractivity contribution is 6.51. The molecule has 2 fully saturated rings. The van der Waals surface area contributed by atoms with E-state index in [1.807, 2.05) is 54.4 Å². The molecule has 0 aromatic rings. The Morgan fingerprint density at radius 3 is 2.12 bits per heavy atom. The molecule has 0 saturated carbocycles. The summed E-state index contributed by atoms with van der Waals surface area (Å²) in [6, 6.07) is 0. The third-order valence-corrected chi connectivity index (χ3v) is 5.01. The van der Waals surface area contributed by atoms with Gasteiger partial charge in [-0.25, -0.2) is 4.79 Å². The maximum atomic E-state index is 12.5. The van der Waals surface area contributed by atoms with Crippen LogP contribution in [0, 0.1) is 5.41 Å². The molecule has 0 aromatic heterocycles. The largest absolute Gasteiger partial charge is 0.487 e. The molecular formula is C19H34BNO4. The molecule has 0 N–H and O–H groups in total. The van der Waals surface area contributed by atoms with Gasteiger partial charge in [0.25, 0.3) is 0 Å². The fourth-order valence-corrected chi connectivity index (χ4v) is 3.26. The van der Waals surface area contributed by atoms with Crippen LogP contribution in [0.2, 0.25) is 0 Å². The zero-order chi connectivity index (χ0) is 19.3. The number of ether oxygens (including phenoxy) is 1. The minimum Gasteiger partial charge on any atom is -0.444 e. The average molecular weight is 351 g/mol. The maximum Gasteiger partial charge on any atom is 0.487 e. The second kappa shape index (κ2) is 6.31. The molecule has 25 heavy (non-hydrogen) atoms. The smallest absolute Gasteiger partial charge is 0.444 e. The molecule has 0 aliphatic carbocycles. The Kier molecular flexibility index (Phi) is 5.12. The number of piperidine rings is 1. The molecular weight excluding hydrogens is 317 g/mol. The Morgan fingerprint density at radius 1 is 1.12 bits per heavy atom. The van der Waals surface area contributed by atoms with Crippen molar-refractivity contribution in [3.05, 3.63) is 11.5 Å². The summed E-state index contributed by atoms with van der Waals surface area (Å²) in [4.78, 5) is 14.3. The van der Waals surface area contributed by atoms with Gasteiger partial charge in [0.15, 0.2) is 0 Å². The number of carbonyl (C=O) groups excluding carboxylic acids is 1. The van der Waals surface area contributed by atoms with Crippen LogP contribution in [0.4, 0.5) is 4.79 Å². The zero-order valence-electron chi connectivity index (χ0n) is 17.4. The third-order valence-electron chi connectivity index (χ3n) is 5.01. The minimum absolute atomic E-state index is 0.00930. The summed E-state index contributed by atoms with van der Waals surface area (Å²) in [5.74, 6) is 2.04. The highest BCUT2D eigenvalue weighted by atomic mass is 16.7. The molecule has 0 atom stereocenters. The molecule has 0 bridgehead atoms. The molecule has 6 heteroatoms. The Hall–Kier alpha value is -1.01. The third kappa shape index (κ3) is 5.01. The van der Waals surface area contributed by atoms with E-state index < -0.39 is 5.60 Å². The molecule has 2 rings (SSSR count). The Labute approximate surface area is 153 Å². The summed E-state index contributed by atoms with van der Waals surface area (Å²) < 4.78 is 17.7. The lowest BCUT2D eigenvalue weighted by atomic mass is 9.77. The quantitative estimate of drug-likeness (QED) is 0.664. The Morgan fingerprint density at radius 2 is 1.64 bits per heavy atom. The van der Waals surface area contributed by atoms with E-state index in [0.717, 1.165) is 12.0 Å². The first-order chi connectivity index (χ1) is 11.1. The van der Waals surface area contributed by atoms with Crippen molar-refractivity contribution in [1.29, 1.82) is 0 Å². The molecule has 0 unspecified atom stereocenters. The molecule has 2 aliphatic rings. The van der Waals surface area contributed by atoms with E-state index in [1.165, 1.54) is 0 Å². The second-order valence-electron chi connectivity index (χ2n) is 10.1. The van der Waals surface area contributed by atoms with Crippen molar-refractivity contribution >= 4 is 13.2 Å². The van der Waals surface area contributed by atoms with Gasteiger partial charge in [0, 0.05) is 13.1 Å². The van der Waals surface area contributed by atoms with E-state index in [9.17, 15) is 4.79 Å². The number of likely N-dealkylation sites (tertiary alicyclic amines) is 1. The number of hydrogen-bond donors (Lipinski definition) is 0. The van der Waals surface area contributed by atoms with E-state index in [1.54, 1.807) is 4.90 Å². The van der Waals surface area contributed by atoms with Crippen molar-refractivity contribution < 1.29 is 18.8 Å². The maximum absolute atomic E-state index is 12.5. The predicted molar refractivity (Wildman–Crippen MR) is 100 cm³/mol. The monoisotopic (exact) mass is 351 g/mol. The van der Waals surface area contributed by atoms with Gasteiger partial charge in [-0.15, -0.1) is 0 Å². The first-order valence-electron chi connectivity index (χ1n) is 9.13. The van der Waals surface area contributed by atoms with Crippen LogP contribution in [0.25, 0.3) is 0 Å². The number of nitrogens with zero attached hydrogens (tertiary/aromatic N) is 1. The Balaban J connectivity index is 2.14. The van der Waals surface area contributed by atoms with Crippen molar-refractivity contribution in [3.8, 4) is 0 Å². The highest BCUT2D eigenvalue weighted by Crippen LogP contribution is 2.39. The number of carbonyl (C=O) groups is 1. The topological polar surface area (TPSA) is 48.0 Å². The molecule has 2 saturated heterocycles. The normalized spacial score (nSPS) is 26.8. The lowest BCUT2D eigenvalue weighted by Crippen LogP contribution is -2.47. The van der Waals surface area contributed by atoms with Crippen LogP contribution in [-0.4, -0.2) is 48.0 Å². The number of rotatable bonds is 1. The van der Waals surface area contributed by atoms with Gasteiger partial charge in [0.2, 0.25) is 0 Å². The fraction of sp³-hybridized carbons (Fsp3) is 0.842. The molecule has 142 valence electrons. The van der Waals surface area contributed by atoms with Crippen LogP contribution in [-0.2, 0) is 14.0 Å². The van der Waals surface area contributed by atoms with Gasteiger partial charge >= 0.3 is 13.2 Å². The van der Waals surface area contributed by atoms with Gasteiger partial charge in [-0.2, -0.15) is 0 Å². The van der Waals surface area contributed by atoms with E-state index in [2.05, 4.69) is 13.8 Å². The standard InChI is InChI=1S/C19H34BNO4/c1-16(2,3)23-15(22)21-12-14(10-17(4,5)13-21)11-20-24-18(6,7)19(8,9)25-20/h11H,10,12-13H2,1-9H3/b14-11+. The first kappa shape index (κ1) is 20.3. The van der Waals surface area contributed by atoms with Gasteiger partial charge in [0.1, 0.15) is 5.60 Å². The van der Waals surface area contributed by atoms with Gasteiger partial charge in [-0.1, -0.05) is 25.4 Å². The van der Waals surface area contributed by atoms with Crippen LogP contribution in [0.5, 0.6) is 0 Å². The average Bonchev–Trinajstić information content (AvgIpc) is 2.52. The van der Waals surface area contributed by atoms with Crippen molar-refractivity contribution in [1.82, 2.24) is 4.90 Å². The second-order valence-corrected chi connectivity index (χ2v) is 10.1. The zero-order valence-corrected chi connectivity index (χ0v) is 17.4. The van der Waals surface area contributed by atoms with Crippen molar-refractivity contribution in [2.24, 2.45) is 5.41 Å². The van der Waals surface area contributed by atoms with Crippen LogP contribution in [0.1, 0.15) is 68.7 Å². The van der Waals surface area contributed by atoms with Gasteiger partial charge in [-0.3, -0.25) is 0 Å². The number of amides is 1. The van der Waals surface area contributed by atoms with Gasteiger partial charge in [-0.05, 0) is 60.3 Å². The summed E-state index contributed by atoms with van der Waals surface area (Å²) in [5.41, 5.74) is -0.0625. The summed E-state index contributed by atoms with van der Waals surface area (Å²) in [7, 11) is -0.380. The summed E-state index contributed by atoms with van der Waals surface area (Å²) >= 11 is 0. The van der Waals surface area contributed by atoms with Crippen LogP contribution in [0.3, 0.4) is 0 Å².